The zero-order valence-corrected chi connectivity index (χ0v) is 13.3. The first-order valence-electron chi connectivity index (χ1n) is 8.78. The smallest absolute Gasteiger partial charge is 0.226 e. The molecule has 2 N–H and O–H groups in total. The summed E-state index contributed by atoms with van der Waals surface area (Å²) >= 11 is 0. The predicted molar refractivity (Wildman–Crippen MR) is 82.7 cm³/mol. The Bertz CT molecular complexity index is 453. The van der Waals surface area contributed by atoms with Crippen molar-refractivity contribution in [3.8, 4) is 0 Å². The van der Waals surface area contributed by atoms with E-state index in [1.54, 1.807) is 0 Å². The molecule has 2 fully saturated rings. The molecule has 0 radical (unpaired) electrons. The van der Waals surface area contributed by atoms with Crippen molar-refractivity contribution < 1.29 is 4.52 Å². The lowest BCUT2D eigenvalue weighted by molar-refractivity contribution is 0.221. The van der Waals surface area contributed by atoms with Crippen molar-refractivity contribution >= 4 is 0 Å². The van der Waals surface area contributed by atoms with Crippen LogP contribution in [0.15, 0.2) is 4.52 Å². The molecule has 21 heavy (non-hydrogen) atoms. The summed E-state index contributed by atoms with van der Waals surface area (Å²) in [6, 6.07) is 0. The largest absolute Gasteiger partial charge is 0.339 e. The van der Waals surface area contributed by atoms with E-state index in [4.69, 9.17) is 10.3 Å². The fourth-order valence-electron chi connectivity index (χ4n) is 4.16. The quantitative estimate of drug-likeness (QED) is 0.912. The molecule has 2 saturated carbocycles. The number of aryl methyl sites for hydroxylation is 1. The fraction of sp³-hybridized carbons (Fsp3) is 0.882. The molecule has 118 valence electrons. The molecule has 2 unspecified atom stereocenters. The lowest BCUT2D eigenvalue weighted by atomic mass is 9.76. The molecular weight excluding hydrogens is 262 g/mol. The highest BCUT2D eigenvalue weighted by molar-refractivity contribution is 5.06. The average molecular weight is 291 g/mol. The second kappa shape index (κ2) is 6.47. The minimum absolute atomic E-state index is 0.357. The minimum Gasteiger partial charge on any atom is -0.339 e. The first-order valence-corrected chi connectivity index (χ1v) is 8.78. The first kappa shape index (κ1) is 15.0. The van der Waals surface area contributed by atoms with Gasteiger partial charge in [-0.25, -0.2) is 0 Å². The Labute approximate surface area is 127 Å². The molecule has 1 aromatic heterocycles. The highest BCUT2D eigenvalue weighted by atomic mass is 16.5. The van der Waals surface area contributed by atoms with Gasteiger partial charge in [0.25, 0.3) is 0 Å². The van der Waals surface area contributed by atoms with Crippen molar-refractivity contribution in [1.29, 1.82) is 0 Å². The maximum atomic E-state index is 6.54. The van der Waals surface area contributed by atoms with Gasteiger partial charge in [0.2, 0.25) is 5.89 Å². The number of aromatic nitrogens is 2. The van der Waals surface area contributed by atoms with Gasteiger partial charge in [0.15, 0.2) is 5.82 Å². The summed E-state index contributed by atoms with van der Waals surface area (Å²) in [5, 5.41) is 4.20. The van der Waals surface area contributed by atoms with E-state index in [-0.39, 0.29) is 5.54 Å². The zero-order valence-electron chi connectivity index (χ0n) is 13.3. The Hall–Kier alpha value is -0.900. The summed E-state index contributed by atoms with van der Waals surface area (Å²) in [7, 11) is 0. The average Bonchev–Trinajstić information content (AvgIpc) is 2.96. The van der Waals surface area contributed by atoms with E-state index in [0.29, 0.717) is 5.92 Å². The molecule has 0 aliphatic heterocycles. The van der Waals surface area contributed by atoms with Crippen LogP contribution in [0, 0.1) is 11.8 Å². The normalized spacial score (nSPS) is 31.4. The Morgan fingerprint density at radius 1 is 1.19 bits per heavy atom. The summed E-state index contributed by atoms with van der Waals surface area (Å²) in [6.45, 7) is 2.27. The number of hydrogen-bond acceptors (Lipinski definition) is 4. The SMILES string of the molecule is CC1CCCC(N)(c2noc(CCC3CCCCC3)n2)C1. The van der Waals surface area contributed by atoms with Gasteiger partial charge >= 0.3 is 0 Å². The molecule has 2 aliphatic rings. The van der Waals surface area contributed by atoms with E-state index in [1.165, 1.54) is 51.4 Å². The summed E-state index contributed by atoms with van der Waals surface area (Å²) in [5.74, 6) is 3.05. The Morgan fingerprint density at radius 3 is 2.76 bits per heavy atom. The van der Waals surface area contributed by atoms with Crippen molar-refractivity contribution in [2.45, 2.75) is 83.1 Å². The molecule has 4 nitrogen and oxygen atoms in total. The molecule has 0 spiro atoms. The van der Waals surface area contributed by atoms with Crippen LogP contribution in [0.3, 0.4) is 0 Å². The van der Waals surface area contributed by atoms with E-state index < -0.39 is 0 Å². The van der Waals surface area contributed by atoms with E-state index in [2.05, 4.69) is 17.1 Å². The third-order valence-corrected chi connectivity index (χ3v) is 5.44. The van der Waals surface area contributed by atoms with Crippen molar-refractivity contribution in [3.05, 3.63) is 11.7 Å². The van der Waals surface area contributed by atoms with Crippen LogP contribution in [0.4, 0.5) is 0 Å². The van der Waals surface area contributed by atoms with Gasteiger partial charge in [-0.3, -0.25) is 0 Å². The van der Waals surface area contributed by atoms with Gasteiger partial charge in [-0.15, -0.1) is 0 Å². The van der Waals surface area contributed by atoms with Crippen LogP contribution in [0.2, 0.25) is 0 Å². The molecule has 2 aliphatic carbocycles. The van der Waals surface area contributed by atoms with Gasteiger partial charge in [-0.05, 0) is 31.1 Å². The first-order chi connectivity index (χ1) is 10.2. The molecular formula is C17H29N3O. The second-order valence-corrected chi connectivity index (χ2v) is 7.41. The summed E-state index contributed by atoms with van der Waals surface area (Å²) in [5.41, 5.74) is 6.18. The molecule has 2 atom stereocenters. The number of nitrogens with two attached hydrogens (primary N) is 1. The molecule has 4 heteroatoms. The van der Waals surface area contributed by atoms with Crippen LogP contribution < -0.4 is 5.73 Å². The third kappa shape index (κ3) is 3.65. The van der Waals surface area contributed by atoms with Crippen LogP contribution in [0.25, 0.3) is 0 Å². The van der Waals surface area contributed by atoms with Gasteiger partial charge in [0, 0.05) is 6.42 Å². The van der Waals surface area contributed by atoms with Crippen LogP contribution in [-0.4, -0.2) is 10.1 Å². The maximum Gasteiger partial charge on any atom is 0.226 e. The van der Waals surface area contributed by atoms with Gasteiger partial charge in [0.05, 0.1) is 5.54 Å². The molecule has 0 amide bonds. The lowest BCUT2D eigenvalue weighted by Crippen LogP contribution is -2.42. The Morgan fingerprint density at radius 2 is 2.00 bits per heavy atom. The fourth-order valence-corrected chi connectivity index (χ4v) is 4.16. The van der Waals surface area contributed by atoms with Crippen LogP contribution in [-0.2, 0) is 12.0 Å². The van der Waals surface area contributed by atoms with Crippen molar-refractivity contribution in [3.63, 3.8) is 0 Å². The summed E-state index contributed by atoms with van der Waals surface area (Å²) < 4.78 is 5.47. The third-order valence-electron chi connectivity index (χ3n) is 5.44. The van der Waals surface area contributed by atoms with Gasteiger partial charge in [0.1, 0.15) is 0 Å². The Kier molecular flexibility index (Phi) is 4.63. The predicted octanol–water partition coefficient (Wildman–Crippen LogP) is 3.95. The van der Waals surface area contributed by atoms with Crippen molar-refractivity contribution in [1.82, 2.24) is 10.1 Å². The van der Waals surface area contributed by atoms with E-state index in [9.17, 15) is 0 Å². The van der Waals surface area contributed by atoms with Crippen LogP contribution in [0.1, 0.15) is 82.8 Å². The van der Waals surface area contributed by atoms with Crippen LogP contribution >= 0.6 is 0 Å². The van der Waals surface area contributed by atoms with Gasteiger partial charge < -0.3 is 10.3 Å². The van der Waals surface area contributed by atoms with E-state index in [0.717, 1.165) is 36.9 Å². The van der Waals surface area contributed by atoms with Gasteiger partial charge in [-0.2, -0.15) is 4.98 Å². The Balaban J connectivity index is 1.57. The molecule has 0 saturated heterocycles. The molecule has 1 aromatic rings. The minimum atomic E-state index is -0.357. The number of nitrogens with zero attached hydrogens (tertiary/aromatic N) is 2. The maximum absolute atomic E-state index is 6.54. The summed E-state index contributed by atoms with van der Waals surface area (Å²) in [6.07, 6.45) is 13.5. The van der Waals surface area contributed by atoms with Crippen LogP contribution in [0.5, 0.6) is 0 Å². The van der Waals surface area contributed by atoms with Gasteiger partial charge in [-0.1, -0.05) is 57.0 Å². The molecule has 0 aromatic carbocycles. The van der Waals surface area contributed by atoms with E-state index >= 15 is 0 Å². The monoisotopic (exact) mass is 291 g/mol. The zero-order chi connectivity index (χ0) is 14.7. The number of hydrogen-bond donors (Lipinski definition) is 1. The topological polar surface area (TPSA) is 64.9 Å². The molecule has 0 bridgehead atoms. The van der Waals surface area contributed by atoms with E-state index in [1.807, 2.05) is 0 Å². The van der Waals surface area contributed by atoms with Crippen molar-refractivity contribution in [2.75, 3.05) is 0 Å². The highest BCUT2D eigenvalue weighted by Gasteiger charge is 2.36. The highest BCUT2D eigenvalue weighted by Crippen LogP contribution is 2.36. The van der Waals surface area contributed by atoms with Crippen molar-refractivity contribution in [2.24, 2.45) is 17.6 Å². The lowest BCUT2D eigenvalue weighted by Gasteiger charge is -2.33. The second-order valence-electron chi connectivity index (χ2n) is 7.41. The molecule has 3 rings (SSSR count). The molecule has 1 heterocycles. The number of rotatable bonds is 4. The summed E-state index contributed by atoms with van der Waals surface area (Å²) in [4.78, 5) is 4.62. The standard InChI is InChI=1S/C17H29N3O/c1-13-6-5-11-17(18,12-13)16-19-15(21-20-16)10-9-14-7-3-2-4-8-14/h13-14H,2-12,18H2,1H3.